The molecule has 0 spiro atoms. The fourth-order valence-corrected chi connectivity index (χ4v) is 2.80. The van der Waals surface area contributed by atoms with E-state index < -0.39 is 60.4 Å². The van der Waals surface area contributed by atoms with Gasteiger partial charge in [-0.05, 0) is 6.42 Å². The van der Waals surface area contributed by atoms with Gasteiger partial charge in [-0.1, -0.05) is 6.92 Å². The molecule has 1 aliphatic rings. The number of nitrogens with one attached hydrogen (secondary N) is 1. The number of ether oxygens (including phenoxy) is 5. The first-order valence-electron chi connectivity index (χ1n) is 9.15. The Morgan fingerprint density at radius 2 is 1.31 bits per heavy atom. The largest absolute Gasteiger partial charge is 0.463 e. The molecule has 1 heterocycles. The van der Waals surface area contributed by atoms with Crippen LogP contribution in [0.5, 0.6) is 0 Å². The van der Waals surface area contributed by atoms with Gasteiger partial charge in [0.05, 0.1) is 0 Å². The predicted octanol–water partition coefficient (Wildman–Crippen LogP) is -0.0142. The Morgan fingerprint density at radius 3 is 1.79 bits per heavy atom. The van der Waals surface area contributed by atoms with Gasteiger partial charge in [0.15, 0.2) is 24.5 Å². The maximum atomic E-state index is 12.1. The molecule has 1 aliphatic heterocycles. The van der Waals surface area contributed by atoms with Gasteiger partial charge in [-0.25, -0.2) is 0 Å². The van der Waals surface area contributed by atoms with Crippen LogP contribution in [-0.2, 0) is 47.7 Å². The summed E-state index contributed by atoms with van der Waals surface area (Å²) in [4.78, 5) is 58.2. The molecule has 0 aromatic heterocycles. The average molecular weight is 417 g/mol. The number of carbonyl (C=O) groups excluding carboxylic acids is 5. The first kappa shape index (κ1) is 24.3. The van der Waals surface area contributed by atoms with Crippen molar-refractivity contribution in [2.24, 2.45) is 0 Å². The summed E-state index contributed by atoms with van der Waals surface area (Å²) < 4.78 is 26.4. The van der Waals surface area contributed by atoms with Crippen molar-refractivity contribution in [2.75, 3.05) is 6.61 Å². The zero-order valence-corrected chi connectivity index (χ0v) is 17.1. The fourth-order valence-electron chi connectivity index (χ4n) is 2.80. The second-order valence-corrected chi connectivity index (χ2v) is 6.44. The molecule has 11 nitrogen and oxygen atoms in total. The average Bonchev–Trinajstić information content (AvgIpc) is 2.57. The molecule has 5 atom stereocenters. The SMILES string of the molecule is CCCC(=O)NC1OC(COC(C)=O)C(OC(C)=O)C(OC(C)=O)C1OC(C)=O. The highest BCUT2D eigenvalue weighted by molar-refractivity contribution is 5.76. The Bertz CT molecular complexity index is 634. The highest BCUT2D eigenvalue weighted by Crippen LogP contribution is 2.28. The zero-order chi connectivity index (χ0) is 22.1. The highest BCUT2D eigenvalue weighted by Gasteiger charge is 2.52. The number of amides is 1. The first-order chi connectivity index (χ1) is 13.5. The van der Waals surface area contributed by atoms with Crippen LogP contribution in [0.4, 0.5) is 0 Å². The minimum absolute atomic E-state index is 0.173. The zero-order valence-electron chi connectivity index (χ0n) is 17.1. The molecule has 5 unspecified atom stereocenters. The summed E-state index contributed by atoms with van der Waals surface area (Å²) in [6.07, 6.45) is -5.44. The van der Waals surface area contributed by atoms with E-state index in [9.17, 15) is 24.0 Å². The summed E-state index contributed by atoms with van der Waals surface area (Å²) in [7, 11) is 0. The van der Waals surface area contributed by atoms with Gasteiger partial charge in [0.25, 0.3) is 0 Å². The Kier molecular flexibility index (Phi) is 9.53. The molecule has 0 aliphatic carbocycles. The molecule has 1 saturated heterocycles. The van der Waals surface area contributed by atoms with E-state index in [2.05, 4.69) is 5.32 Å². The number of esters is 4. The van der Waals surface area contributed by atoms with Crippen molar-refractivity contribution in [2.45, 2.75) is 78.1 Å². The number of rotatable bonds is 8. The lowest BCUT2D eigenvalue weighted by atomic mass is 9.97. The second kappa shape index (κ2) is 11.3. The third kappa shape index (κ3) is 8.06. The number of carbonyl (C=O) groups is 5. The lowest BCUT2D eigenvalue weighted by Crippen LogP contribution is -2.66. The van der Waals surface area contributed by atoms with E-state index in [0.29, 0.717) is 6.42 Å². The standard InChI is InChI=1S/C18H27NO10/c1-6-7-14(24)19-18-17(28-12(5)23)16(27-11(4)22)15(26-10(3)21)13(29-18)8-25-9(2)20/h13,15-18H,6-8H2,1-5H3,(H,19,24). The maximum absolute atomic E-state index is 12.1. The van der Waals surface area contributed by atoms with Gasteiger partial charge in [-0.15, -0.1) is 0 Å². The van der Waals surface area contributed by atoms with Gasteiger partial charge in [-0.3, -0.25) is 24.0 Å². The normalized spacial score (nSPS) is 26.0. The van der Waals surface area contributed by atoms with Crippen molar-refractivity contribution in [3.8, 4) is 0 Å². The number of hydrogen-bond donors (Lipinski definition) is 1. The first-order valence-corrected chi connectivity index (χ1v) is 9.15. The molecule has 0 saturated carbocycles. The van der Waals surface area contributed by atoms with E-state index in [1.807, 2.05) is 0 Å². The molecule has 11 heteroatoms. The lowest BCUT2D eigenvalue weighted by Gasteiger charge is -2.44. The Hall–Kier alpha value is -2.69. The molecule has 29 heavy (non-hydrogen) atoms. The van der Waals surface area contributed by atoms with Crippen molar-refractivity contribution < 1.29 is 47.7 Å². The molecule has 0 bridgehead atoms. The van der Waals surface area contributed by atoms with Gasteiger partial charge >= 0.3 is 23.9 Å². The van der Waals surface area contributed by atoms with Crippen LogP contribution in [0.1, 0.15) is 47.5 Å². The molecule has 0 aromatic rings. The second-order valence-electron chi connectivity index (χ2n) is 6.44. The highest BCUT2D eigenvalue weighted by atomic mass is 16.7. The van der Waals surface area contributed by atoms with Crippen molar-refractivity contribution in [3.05, 3.63) is 0 Å². The van der Waals surface area contributed by atoms with Crippen molar-refractivity contribution in [1.82, 2.24) is 5.32 Å². The third-order valence-corrected chi connectivity index (χ3v) is 3.77. The quantitative estimate of drug-likeness (QED) is 0.423. The summed E-state index contributed by atoms with van der Waals surface area (Å²) >= 11 is 0. The summed E-state index contributed by atoms with van der Waals surface area (Å²) in [5.74, 6) is -3.21. The van der Waals surface area contributed by atoms with Crippen LogP contribution >= 0.6 is 0 Å². The number of hydrogen-bond acceptors (Lipinski definition) is 10. The van der Waals surface area contributed by atoms with Gasteiger partial charge in [0.1, 0.15) is 12.7 Å². The maximum Gasteiger partial charge on any atom is 0.303 e. The summed E-state index contributed by atoms with van der Waals surface area (Å²) in [5, 5.41) is 2.56. The minimum Gasteiger partial charge on any atom is -0.463 e. The van der Waals surface area contributed by atoms with E-state index >= 15 is 0 Å². The van der Waals surface area contributed by atoms with Crippen LogP contribution in [0.15, 0.2) is 0 Å². The van der Waals surface area contributed by atoms with Crippen LogP contribution in [0, 0.1) is 0 Å². The Labute approximate surface area is 168 Å². The molecular weight excluding hydrogens is 390 g/mol. The van der Waals surface area contributed by atoms with E-state index in [0.717, 1.165) is 20.8 Å². The predicted molar refractivity (Wildman–Crippen MR) is 95.0 cm³/mol. The van der Waals surface area contributed by atoms with Crippen molar-refractivity contribution in [3.63, 3.8) is 0 Å². The molecule has 0 radical (unpaired) electrons. The smallest absolute Gasteiger partial charge is 0.303 e. The molecule has 1 fully saturated rings. The van der Waals surface area contributed by atoms with E-state index in [1.54, 1.807) is 6.92 Å². The summed E-state index contributed by atoms with van der Waals surface area (Å²) in [6.45, 7) is 6.00. The van der Waals surface area contributed by atoms with Gasteiger partial charge < -0.3 is 29.0 Å². The Morgan fingerprint density at radius 1 is 0.793 bits per heavy atom. The topological polar surface area (TPSA) is 144 Å². The molecule has 0 aromatic carbocycles. The minimum atomic E-state index is -1.30. The van der Waals surface area contributed by atoms with E-state index in [1.165, 1.54) is 6.92 Å². The van der Waals surface area contributed by atoms with Gasteiger partial charge in [-0.2, -0.15) is 0 Å². The fraction of sp³-hybridized carbons (Fsp3) is 0.722. The van der Waals surface area contributed by atoms with Crippen LogP contribution in [-0.4, -0.2) is 67.0 Å². The van der Waals surface area contributed by atoms with Gasteiger partial charge in [0.2, 0.25) is 5.91 Å². The monoisotopic (exact) mass is 417 g/mol. The molecule has 1 N–H and O–H groups in total. The summed E-state index contributed by atoms with van der Waals surface area (Å²) in [6, 6.07) is 0. The molecule has 1 rings (SSSR count). The van der Waals surface area contributed by atoms with Crippen LogP contribution in [0.3, 0.4) is 0 Å². The van der Waals surface area contributed by atoms with Crippen molar-refractivity contribution in [1.29, 1.82) is 0 Å². The van der Waals surface area contributed by atoms with Gasteiger partial charge in [0, 0.05) is 34.1 Å². The molecule has 1 amide bonds. The van der Waals surface area contributed by atoms with Crippen LogP contribution in [0.2, 0.25) is 0 Å². The van der Waals surface area contributed by atoms with E-state index in [-0.39, 0.29) is 13.0 Å². The molecular formula is C18H27NO10. The third-order valence-electron chi connectivity index (χ3n) is 3.77. The summed E-state index contributed by atoms with van der Waals surface area (Å²) in [5.41, 5.74) is 0. The van der Waals surface area contributed by atoms with Crippen LogP contribution < -0.4 is 5.32 Å². The van der Waals surface area contributed by atoms with E-state index in [4.69, 9.17) is 23.7 Å². The lowest BCUT2D eigenvalue weighted by molar-refractivity contribution is -0.257. The Balaban J connectivity index is 3.29. The van der Waals surface area contributed by atoms with Crippen LogP contribution in [0.25, 0.3) is 0 Å². The van der Waals surface area contributed by atoms with Crippen molar-refractivity contribution >= 4 is 29.8 Å². The molecule has 164 valence electrons.